The van der Waals surface area contributed by atoms with E-state index >= 15 is 0 Å². The van der Waals surface area contributed by atoms with E-state index in [1.807, 2.05) is 6.07 Å². The molecule has 1 aromatic rings. The Labute approximate surface area is 134 Å². The lowest BCUT2D eigenvalue weighted by Gasteiger charge is -2.14. The number of aliphatic carboxylic acids is 2. The van der Waals surface area contributed by atoms with Crippen molar-refractivity contribution >= 4 is 22.1 Å². The number of hydrogen-bond acceptors (Lipinski definition) is 6. The van der Waals surface area contributed by atoms with Crippen LogP contribution in [0, 0.1) is 0 Å². The summed E-state index contributed by atoms with van der Waals surface area (Å²) in [6, 6.07) is 8.63. The van der Waals surface area contributed by atoms with Crippen LogP contribution in [0.25, 0.3) is 0 Å². The second-order valence-electron chi connectivity index (χ2n) is 4.82. The van der Waals surface area contributed by atoms with Crippen molar-refractivity contribution in [3.05, 3.63) is 30.3 Å². The summed E-state index contributed by atoms with van der Waals surface area (Å²) in [5.41, 5.74) is 0. The molecule has 0 radical (unpaired) electrons. The average molecular weight is 345 g/mol. The molecule has 1 aliphatic rings. The summed E-state index contributed by atoms with van der Waals surface area (Å²) in [5, 5.41) is 14.8. The number of likely N-dealkylation sites (tertiary alicyclic amines) is 1. The van der Waals surface area contributed by atoms with Gasteiger partial charge in [0, 0.05) is 6.54 Å². The van der Waals surface area contributed by atoms with Crippen LogP contribution in [0.3, 0.4) is 0 Å². The number of carboxylic acid groups (broad SMARTS) is 2. The van der Waals surface area contributed by atoms with E-state index in [2.05, 4.69) is 4.90 Å². The zero-order valence-electron chi connectivity index (χ0n) is 12.4. The highest BCUT2D eigenvalue weighted by molar-refractivity contribution is 7.87. The SMILES string of the molecule is O=C(O)C(=O)O.O=S(=O)(CCN1CCCC1)Oc1ccccc1. The fourth-order valence-electron chi connectivity index (χ4n) is 1.91. The van der Waals surface area contributed by atoms with Gasteiger partial charge >= 0.3 is 22.1 Å². The largest absolute Gasteiger partial charge is 0.473 e. The van der Waals surface area contributed by atoms with Gasteiger partial charge in [-0.25, -0.2) is 9.59 Å². The van der Waals surface area contributed by atoms with Crippen LogP contribution in [0.5, 0.6) is 5.75 Å². The number of hydrogen-bond donors (Lipinski definition) is 2. The zero-order valence-corrected chi connectivity index (χ0v) is 13.2. The fraction of sp³-hybridized carbons (Fsp3) is 0.429. The third-order valence-corrected chi connectivity index (χ3v) is 4.13. The molecule has 128 valence electrons. The first-order valence-corrected chi connectivity index (χ1v) is 8.53. The predicted molar refractivity (Wildman–Crippen MR) is 81.8 cm³/mol. The van der Waals surface area contributed by atoms with Gasteiger partial charge in [0.25, 0.3) is 0 Å². The average Bonchev–Trinajstić information content (AvgIpc) is 3.00. The van der Waals surface area contributed by atoms with Crippen molar-refractivity contribution in [2.75, 3.05) is 25.4 Å². The third kappa shape index (κ3) is 8.17. The monoisotopic (exact) mass is 345 g/mol. The number of nitrogens with zero attached hydrogens (tertiary/aromatic N) is 1. The van der Waals surface area contributed by atoms with Crippen LogP contribution in [0.4, 0.5) is 0 Å². The minimum absolute atomic E-state index is 0.0574. The van der Waals surface area contributed by atoms with Gasteiger partial charge in [0.2, 0.25) is 0 Å². The van der Waals surface area contributed by atoms with Gasteiger partial charge in [0.1, 0.15) is 5.75 Å². The summed E-state index contributed by atoms with van der Waals surface area (Å²) in [6.45, 7) is 2.57. The summed E-state index contributed by atoms with van der Waals surface area (Å²) in [6.07, 6.45) is 2.33. The molecule has 0 saturated carbocycles. The highest BCUT2D eigenvalue weighted by atomic mass is 32.2. The van der Waals surface area contributed by atoms with E-state index in [4.69, 9.17) is 24.0 Å². The molecule has 23 heavy (non-hydrogen) atoms. The Kier molecular flexibility index (Phi) is 7.49. The van der Waals surface area contributed by atoms with Gasteiger partial charge in [0.15, 0.2) is 0 Å². The maximum Gasteiger partial charge on any atom is 0.414 e. The molecule has 9 heteroatoms. The molecule has 0 aromatic heterocycles. The number of rotatable bonds is 5. The summed E-state index contributed by atoms with van der Waals surface area (Å²) < 4.78 is 28.4. The lowest BCUT2D eigenvalue weighted by atomic mass is 10.3. The Morgan fingerprint density at radius 2 is 1.57 bits per heavy atom. The maximum atomic E-state index is 11.7. The Morgan fingerprint density at radius 3 is 2.04 bits per heavy atom. The molecule has 0 bridgehead atoms. The topological polar surface area (TPSA) is 121 Å². The first-order valence-electron chi connectivity index (χ1n) is 6.96. The number of carbonyl (C=O) groups is 2. The lowest BCUT2D eigenvalue weighted by molar-refractivity contribution is -0.159. The highest BCUT2D eigenvalue weighted by Crippen LogP contribution is 2.13. The molecule has 1 aromatic carbocycles. The van der Waals surface area contributed by atoms with E-state index in [-0.39, 0.29) is 5.75 Å². The Hall–Kier alpha value is -2.13. The minimum Gasteiger partial charge on any atom is -0.473 e. The molecular weight excluding hydrogens is 326 g/mol. The zero-order chi connectivity index (χ0) is 17.3. The first kappa shape index (κ1) is 18.9. The molecule has 0 aliphatic carbocycles. The second-order valence-corrected chi connectivity index (χ2v) is 6.51. The molecule has 1 heterocycles. The van der Waals surface area contributed by atoms with Crippen molar-refractivity contribution < 1.29 is 32.4 Å². The molecule has 1 saturated heterocycles. The number of carboxylic acids is 2. The molecule has 1 aliphatic heterocycles. The van der Waals surface area contributed by atoms with Crippen molar-refractivity contribution in [1.82, 2.24) is 4.90 Å². The number of benzene rings is 1. The van der Waals surface area contributed by atoms with Gasteiger partial charge in [-0.15, -0.1) is 0 Å². The van der Waals surface area contributed by atoms with E-state index in [0.29, 0.717) is 12.3 Å². The molecule has 0 spiro atoms. The standard InChI is InChI=1S/C12H17NO3S.C2H2O4/c14-17(15,11-10-13-8-4-5-9-13)16-12-6-2-1-3-7-12;3-1(4)2(5)6/h1-3,6-7H,4-5,8-11H2;(H,3,4)(H,5,6). The van der Waals surface area contributed by atoms with Crippen LogP contribution in [0.1, 0.15) is 12.8 Å². The van der Waals surface area contributed by atoms with Crippen LogP contribution in [0.15, 0.2) is 30.3 Å². The molecule has 1 fully saturated rings. The van der Waals surface area contributed by atoms with Crippen LogP contribution in [0.2, 0.25) is 0 Å². The van der Waals surface area contributed by atoms with Gasteiger partial charge in [-0.05, 0) is 38.1 Å². The molecule has 2 N–H and O–H groups in total. The van der Waals surface area contributed by atoms with Crippen LogP contribution in [-0.2, 0) is 19.7 Å². The molecule has 0 atom stereocenters. The first-order chi connectivity index (χ1) is 10.8. The van der Waals surface area contributed by atoms with Crippen molar-refractivity contribution in [2.45, 2.75) is 12.8 Å². The van der Waals surface area contributed by atoms with Gasteiger partial charge in [-0.2, -0.15) is 8.42 Å². The summed E-state index contributed by atoms with van der Waals surface area (Å²) in [4.78, 5) is 20.4. The predicted octanol–water partition coefficient (Wildman–Crippen LogP) is 0.647. The lowest BCUT2D eigenvalue weighted by Crippen LogP contribution is -2.28. The summed E-state index contributed by atoms with van der Waals surface area (Å²) >= 11 is 0. The molecule has 2 rings (SSSR count). The summed E-state index contributed by atoms with van der Waals surface area (Å²) in [5.74, 6) is -3.21. The van der Waals surface area contributed by atoms with E-state index in [1.54, 1.807) is 24.3 Å². The van der Waals surface area contributed by atoms with Crippen LogP contribution in [-0.4, -0.2) is 60.9 Å². The van der Waals surface area contributed by atoms with E-state index < -0.39 is 22.1 Å². The quantitative estimate of drug-likeness (QED) is 0.589. The molecule has 0 amide bonds. The smallest absolute Gasteiger partial charge is 0.414 e. The van der Waals surface area contributed by atoms with E-state index in [9.17, 15) is 8.42 Å². The number of para-hydroxylation sites is 1. The van der Waals surface area contributed by atoms with Crippen molar-refractivity contribution in [2.24, 2.45) is 0 Å². The van der Waals surface area contributed by atoms with Gasteiger partial charge in [0.05, 0.1) is 5.75 Å². The van der Waals surface area contributed by atoms with Gasteiger partial charge in [-0.1, -0.05) is 18.2 Å². The Morgan fingerprint density at radius 1 is 1.04 bits per heavy atom. The van der Waals surface area contributed by atoms with Crippen molar-refractivity contribution in [3.8, 4) is 5.75 Å². The molecular formula is C14H19NO7S. The summed E-state index contributed by atoms with van der Waals surface area (Å²) in [7, 11) is -3.46. The Bertz CT molecular complexity index is 597. The molecule has 0 unspecified atom stereocenters. The normalized spacial score (nSPS) is 14.6. The van der Waals surface area contributed by atoms with Crippen molar-refractivity contribution in [3.63, 3.8) is 0 Å². The maximum absolute atomic E-state index is 11.7. The fourth-order valence-corrected chi connectivity index (χ4v) is 2.88. The Balaban J connectivity index is 0.000000379. The van der Waals surface area contributed by atoms with Crippen LogP contribution < -0.4 is 4.18 Å². The second kappa shape index (κ2) is 9.11. The highest BCUT2D eigenvalue weighted by Gasteiger charge is 2.17. The van der Waals surface area contributed by atoms with Crippen molar-refractivity contribution in [1.29, 1.82) is 0 Å². The van der Waals surface area contributed by atoms with Gasteiger partial charge < -0.3 is 19.3 Å². The third-order valence-electron chi connectivity index (χ3n) is 3.01. The van der Waals surface area contributed by atoms with Gasteiger partial charge in [-0.3, -0.25) is 0 Å². The van der Waals surface area contributed by atoms with E-state index in [0.717, 1.165) is 13.1 Å². The van der Waals surface area contributed by atoms with E-state index in [1.165, 1.54) is 12.8 Å². The minimum atomic E-state index is -3.46. The molecule has 8 nitrogen and oxygen atoms in total. The van der Waals surface area contributed by atoms with Crippen LogP contribution >= 0.6 is 0 Å².